The molecule has 1 saturated heterocycles. The summed E-state index contributed by atoms with van der Waals surface area (Å²) in [4.78, 5) is 3.04. The first-order valence-corrected chi connectivity index (χ1v) is 10.3. The van der Waals surface area contributed by atoms with Crippen LogP contribution in [0.4, 0.5) is 0 Å². The van der Waals surface area contributed by atoms with Crippen molar-refractivity contribution >= 4 is 20.8 Å². The number of piperidine rings is 1. The lowest BCUT2D eigenvalue weighted by atomic mass is 10.1. The van der Waals surface area contributed by atoms with E-state index in [-0.39, 0.29) is 6.04 Å². The Morgan fingerprint density at radius 1 is 1.33 bits per heavy atom. The zero-order valence-corrected chi connectivity index (χ0v) is 13.8. The molecule has 0 bridgehead atoms. The minimum absolute atomic E-state index is 0.0288. The van der Waals surface area contributed by atoms with Gasteiger partial charge < -0.3 is 4.90 Å². The molecule has 0 radical (unpaired) electrons. The molecule has 1 aromatic rings. The van der Waals surface area contributed by atoms with Gasteiger partial charge in [-0.05, 0) is 31.5 Å². The van der Waals surface area contributed by atoms with Crippen LogP contribution in [-0.2, 0) is 20.8 Å². The maximum absolute atomic E-state index is 12.2. The van der Waals surface area contributed by atoms with Gasteiger partial charge >= 0.3 is 0 Å². The van der Waals surface area contributed by atoms with Crippen LogP contribution in [0.2, 0.25) is 0 Å². The number of benzene rings is 1. The average molecular weight is 330 g/mol. The van der Waals surface area contributed by atoms with Crippen LogP contribution < -0.4 is 4.72 Å². The van der Waals surface area contributed by atoms with E-state index in [1.165, 1.54) is 6.26 Å². The maximum Gasteiger partial charge on any atom is 0.208 e. The van der Waals surface area contributed by atoms with Crippen LogP contribution in [0.3, 0.4) is 0 Å². The molecular weight excluding hydrogens is 308 g/mol. The van der Waals surface area contributed by atoms with Gasteiger partial charge in [-0.1, -0.05) is 18.2 Å². The summed E-state index contributed by atoms with van der Waals surface area (Å²) in [6.07, 6.45) is 3.02. The van der Waals surface area contributed by atoms with E-state index >= 15 is 0 Å². The molecule has 1 aliphatic heterocycles. The molecule has 1 aliphatic rings. The van der Waals surface area contributed by atoms with E-state index in [4.69, 9.17) is 0 Å². The molecule has 0 unspecified atom stereocenters. The van der Waals surface area contributed by atoms with Crippen molar-refractivity contribution < 1.29 is 12.6 Å². The van der Waals surface area contributed by atoms with Gasteiger partial charge in [0.15, 0.2) is 0 Å². The van der Waals surface area contributed by atoms with Gasteiger partial charge in [-0.3, -0.25) is 4.21 Å². The smallest absolute Gasteiger partial charge is 0.208 e. The molecule has 0 spiro atoms. The highest BCUT2D eigenvalue weighted by atomic mass is 32.2. The number of nitrogens with one attached hydrogen (secondary N) is 1. The Balaban J connectivity index is 1.82. The summed E-state index contributed by atoms with van der Waals surface area (Å²) in [5, 5.41) is 0. The number of sulfonamides is 1. The molecule has 0 aromatic heterocycles. The van der Waals surface area contributed by atoms with Crippen molar-refractivity contribution in [1.29, 1.82) is 0 Å². The fourth-order valence-corrected chi connectivity index (χ4v) is 4.48. The Bertz CT molecular complexity index is 575. The minimum atomic E-state index is -3.16. The SMILES string of the molecule is CS(=O)(=O)N[C@@H]1CCCN(CC[S@@](=O)c2ccccc2)C1. The van der Waals surface area contributed by atoms with Gasteiger partial charge in [0.2, 0.25) is 10.0 Å². The summed E-state index contributed by atoms with van der Waals surface area (Å²) in [6.45, 7) is 2.36. The second kappa shape index (κ2) is 7.49. The van der Waals surface area contributed by atoms with Crippen LogP contribution in [0.25, 0.3) is 0 Å². The fraction of sp³-hybridized carbons (Fsp3) is 0.571. The standard InChI is InChI=1S/C14H22N2O3S2/c1-21(18,19)15-13-6-5-9-16(12-13)10-11-20(17)14-7-3-2-4-8-14/h2-4,7-8,13,15H,5-6,9-12H2,1H3/t13-,20-/m1/s1. The molecule has 21 heavy (non-hydrogen) atoms. The lowest BCUT2D eigenvalue weighted by Crippen LogP contribution is -2.48. The van der Waals surface area contributed by atoms with Crippen molar-refractivity contribution in [2.45, 2.75) is 23.8 Å². The van der Waals surface area contributed by atoms with Crippen molar-refractivity contribution in [3.05, 3.63) is 30.3 Å². The van der Waals surface area contributed by atoms with Crippen LogP contribution in [0.15, 0.2) is 35.2 Å². The molecule has 1 fully saturated rings. The van der Waals surface area contributed by atoms with Crippen LogP contribution in [0.5, 0.6) is 0 Å². The third-order valence-electron chi connectivity index (χ3n) is 3.49. The normalized spacial score (nSPS) is 22.0. The molecule has 0 amide bonds. The lowest BCUT2D eigenvalue weighted by molar-refractivity contribution is 0.212. The summed E-state index contributed by atoms with van der Waals surface area (Å²) in [5.74, 6) is 0.579. The topological polar surface area (TPSA) is 66.5 Å². The van der Waals surface area contributed by atoms with E-state index in [2.05, 4.69) is 9.62 Å². The summed E-state index contributed by atoms with van der Waals surface area (Å²) in [7, 11) is -4.15. The number of rotatable bonds is 6. The number of nitrogens with zero attached hydrogens (tertiary/aromatic N) is 1. The molecular formula is C14H22N2O3S2. The van der Waals surface area contributed by atoms with Crippen LogP contribution in [0.1, 0.15) is 12.8 Å². The first-order valence-electron chi connectivity index (χ1n) is 7.07. The Morgan fingerprint density at radius 2 is 2.05 bits per heavy atom. The highest BCUT2D eigenvalue weighted by molar-refractivity contribution is 7.88. The average Bonchev–Trinajstić information content (AvgIpc) is 2.44. The molecule has 7 heteroatoms. The molecule has 1 aromatic carbocycles. The molecule has 118 valence electrons. The van der Waals surface area contributed by atoms with E-state index in [9.17, 15) is 12.6 Å². The Hall–Kier alpha value is -0.760. The Labute approximate surface area is 129 Å². The highest BCUT2D eigenvalue weighted by Gasteiger charge is 2.22. The van der Waals surface area contributed by atoms with E-state index in [1.807, 2.05) is 30.3 Å². The van der Waals surface area contributed by atoms with Crippen molar-refractivity contribution in [3.8, 4) is 0 Å². The van der Waals surface area contributed by atoms with Gasteiger partial charge in [0.25, 0.3) is 0 Å². The van der Waals surface area contributed by atoms with Gasteiger partial charge in [0, 0.05) is 29.8 Å². The van der Waals surface area contributed by atoms with Gasteiger partial charge in [0.05, 0.1) is 17.1 Å². The third-order valence-corrected chi connectivity index (χ3v) is 5.60. The largest absolute Gasteiger partial charge is 0.301 e. The van der Waals surface area contributed by atoms with Crippen LogP contribution in [0, 0.1) is 0 Å². The predicted molar refractivity (Wildman–Crippen MR) is 85.2 cm³/mol. The summed E-state index contributed by atoms with van der Waals surface area (Å²) in [5.41, 5.74) is 0. The fourth-order valence-electron chi connectivity index (χ4n) is 2.56. The lowest BCUT2D eigenvalue weighted by Gasteiger charge is -2.32. The minimum Gasteiger partial charge on any atom is -0.301 e. The molecule has 2 rings (SSSR count). The molecule has 2 atom stereocenters. The predicted octanol–water partition coefficient (Wildman–Crippen LogP) is 0.808. The summed E-state index contributed by atoms with van der Waals surface area (Å²) < 4.78 is 37.4. The third kappa shape index (κ3) is 5.86. The second-order valence-electron chi connectivity index (χ2n) is 5.39. The van der Waals surface area contributed by atoms with Gasteiger partial charge in [-0.15, -0.1) is 0 Å². The summed E-state index contributed by atoms with van der Waals surface area (Å²) >= 11 is 0. The van der Waals surface area contributed by atoms with Gasteiger partial charge in [-0.25, -0.2) is 13.1 Å². The van der Waals surface area contributed by atoms with E-state index < -0.39 is 20.8 Å². The van der Waals surface area contributed by atoms with E-state index in [1.54, 1.807) is 0 Å². The first-order chi connectivity index (χ1) is 9.94. The highest BCUT2D eigenvalue weighted by Crippen LogP contribution is 2.12. The van der Waals surface area contributed by atoms with Crippen LogP contribution >= 0.6 is 0 Å². The van der Waals surface area contributed by atoms with Crippen molar-refractivity contribution in [2.75, 3.05) is 31.6 Å². The zero-order chi connectivity index (χ0) is 15.3. The number of hydrogen-bond acceptors (Lipinski definition) is 4. The second-order valence-corrected chi connectivity index (χ2v) is 8.74. The van der Waals surface area contributed by atoms with Gasteiger partial charge in [0.1, 0.15) is 0 Å². The van der Waals surface area contributed by atoms with Crippen molar-refractivity contribution in [2.24, 2.45) is 0 Å². The quantitative estimate of drug-likeness (QED) is 0.838. The van der Waals surface area contributed by atoms with E-state index in [0.717, 1.165) is 30.8 Å². The zero-order valence-electron chi connectivity index (χ0n) is 12.2. The molecule has 0 saturated carbocycles. The molecule has 1 heterocycles. The summed E-state index contributed by atoms with van der Waals surface area (Å²) in [6, 6.07) is 9.41. The molecule has 5 nitrogen and oxygen atoms in total. The number of hydrogen-bond donors (Lipinski definition) is 1. The molecule has 1 N–H and O–H groups in total. The maximum atomic E-state index is 12.2. The first kappa shape index (κ1) is 16.6. The monoisotopic (exact) mass is 330 g/mol. The van der Waals surface area contributed by atoms with Crippen molar-refractivity contribution in [1.82, 2.24) is 9.62 Å². The number of likely N-dealkylation sites (tertiary alicyclic amines) is 1. The Kier molecular flexibility index (Phi) is 5.92. The Morgan fingerprint density at radius 3 is 2.71 bits per heavy atom. The van der Waals surface area contributed by atoms with Gasteiger partial charge in [-0.2, -0.15) is 0 Å². The molecule has 0 aliphatic carbocycles. The van der Waals surface area contributed by atoms with E-state index in [0.29, 0.717) is 12.3 Å². The van der Waals surface area contributed by atoms with Crippen molar-refractivity contribution in [3.63, 3.8) is 0 Å². The van der Waals surface area contributed by atoms with Crippen LogP contribution in [-0.4, -0.2) is 55.2 Å².